The molecule has 1 aromatic heterocycles. The van der Waals surface area contributed by atoms with Crippen LogP contribution in [0.2, 0.25) is 0 Å². The van der Waals surface area contributed by atoms with Crippen molar-refractivity contribution in [3.8, 4) is 17.2 Å². The third-order valence-corrected chi connectivity index (χ3v) is 4.59. The number of aromatic nitrogens is 1. The van der Waals surface area contributed by atoms with Crippen molar-refractivity contribution in [2.75, 3.05) is 28.4 Å². The molecule has 0 saturated carbocycles. The van der Waals surface area contributed by atoms with Crippen LogP contribution in [0, 0.1) is 0 Å². The fourth-order valence-corrected chi connectivity index (χ4v) is 3.13. The molecule has 3 aromatic rings. The summed E-state index contributed by atoms with van der Waals surface area (Å²) in [6.07, 6.45) is 1.82. The predicted octanol–water partition coefficient (Wildman–Crippen LogP) is 3.13. The van der Waals surface area contributed by atoms with Crippen LogP contribution in [0.3, 0.4) is 0 Å². The lowest BCUT2D eigenvalue weighted by molar-refractivity contribution is 0.323. The van der Waals surface area contributed by atoms with Gasteiger partial charge in [0.25, 0.3) is 0 Å². The summed E-state index contributed by atoms with van der Waals surface area (Å²) in [6.45, 7) is 1.11. The van der Waals surface area contributed by atoms with Crippen molar-refractivity contribution >= 4 is 16.7 Å². The molecular weight excluding hydrogens is 368 g/mol. The maximum Gasteiger partial charge on any atom is 0.203 e. The number of nitrogens with zero attached hydrogens (tertiary/aromatic N) is 2. The van der Waals surface area contributed by atoms with Crippen molar-refractivity contribution in [3.63, 3.8) is 0 Å². The molecule has 0 radical (unpaired) electrons. The molecule has 3 rings (SSSR count). The lowest BCUT2D eigenvalue weighted by Gasteiger charge is -2.16. The van der Waals surface area contributed by atoms with E-state index in [1.54, 1.807) is 28.4 Å². The Labute approximate surface area is 170 Å². The minimum Gasteiger partial charge on any atom is -0.493 e. The SMILES string of the molecule is CN=C(NCc1cc(OC)c(OC)c(OC)c1)NCc1nccc2ccccc12. The first kappa shape index (κ1) is 20.3. The van der Waals surface area contributed by atoms with Crippen LogP contribution >= 0.6 is 0 Å². The summed E-state index contributed by atoms with van der Waals surface area (Å²) in [4.78, 5) is 8.80. The van der Waals surface area contributed by atoms with Gasteiger partial charge in [0, 0.05) is 25.2 Å². The molecule has 0 aliphatic rings. The van der Waals surface area contributed by atoms with Gasteiger partial charge in [-0.1, -0.05) is 24.3 Å². The number of nitrogens with one attached hydrogen (secondary N) is 2. The highest BCUT2D eigenvalue weighted by atomic mass is 16.5. The van der Waals surface area contributed by atoms with Crippen LogP contribution < -0.4 is 24.8 Å². The molecule has 29 heavy (non-hydrogen) atoms. The minimum absolute atomic E-state index is 0.541. The maximum atomic E-state index is 5.41. The molecule has 2 aromatic carbocycles. The number of hydrogen-bond acceptors (Lipinski definition) is 5. The first-order valence-electron chi connectivity index (χ1n) is 9.26. The normalized spacial score (nSPS) is 11.2. The Kier molecular flexibility index (Phi) is 6.73. The standard InChI is InChI=1S/C22H26N4O3/c1-23-22(26-14-18-17-8-6-5-7-16(17)9-10-24-18)25-13-15-11-19(27-2)21(29-4)20(12-15)28-3/h5-12H,13-14H2,1-4H3,(H2,23,25,26). The van der Waals surface area contributed by atoms with Gasteiger partial charge in [0.15, 0.2) is 17.5 Å². The third kappa shape index (κ3) is 4.68. The van der Waals surface area contributed by atoms with Gasteiger partial charge in [0.1, 0.15) is 0 Å². The van der Waals surface area contributed by atoms with Crippen LogP contribution in [0.5, 0.6) is 17.2 Å². The second-order valence-corrected chi connectivity index (χ2v) is 6.29. The molecule has 0 bridgehead atoms. The van der Waals surface area contributed by atoms with Gasteiger partial charge in [-0.25, -0.2) is 0 Å². The zero-order chi connectivity index (χ0) is 20.6. The zero-order valence-electron chi connectivity index (χ0n) is 17.2. The molecule has 0 aliphatic carbocycles. The number of rotatable bonds is 7. The van der Waals surface area contributed by atoms with Crippen molar-refractivity contribution < 1.29 is 14.2 Å². The van der Waals surface area contributed by atoms with Crippen LogP contribution in [0.25, 0.3) is 10.8 Å². The van der Waals surface area contributed by atoms with E-state index in [9.17, 15) is 0 Å². The number of ether oxygens (including phenoxy) is 3. The first-order chi connectivity index (χ1) is 14.2. The number of pyridine rings is 1. The Morgan fingerprint density at radius 3 is 2.28 bits per heavy atom. The number of fused-ring (bicyclic) bond motifs is 1. The van der Waals surface area contributed by atoms with Crippen LogP contribution in [-0.2, 0) is 13.1 Å². The Balaban J connectivity index is 1.68. The molecular formula is C22H26N4O3. The number of hydrogen-bond donors (Lipinski definition) is 2. The maximum absolute atomic E-state index is 5.41. The highest BCUT2D eigenvalue weighted by molar-refractivity contribution is 5.85. The fraction of sp³-hybridized carbons (Fsp3) is 0.273. The highest BCUT2D eigenvalue weighted by Gasteiger charge is 2.13. The molecule has 0 spiro atoms. The summed E-state index contributed by atoms with van der Waals surface area (Å²) >= 11 is 0. The number of aliphatic imine (C=N–C) groups is 1. The summed E-state index contributed by atoms with van der Waals surface area (Å²) in [7, 11) is 6.53. The van der Waals surface area contributed by atoms with E-state index < -0.39 is 0 Å². The molecule has 152 valence electrons. The Bertz CT molecular complexity index is 974. The van der Waals surface area contributed by atoms with Crippen molar-refractivity contribution in [2.45, 2.75) is 13.1 Å². The van der Waals surface area contributed by atoms with Gasteiger partial charge in [-0.3, -0.25) is 9.98 Å². The largest absolute Gasteiger partial charge is 0.493 e. The first-order valence-corrected chi connectivity index (χ1v) is 9.26. The van der Waals surface area contributed by atoms with Crippen LogP contribution in [0.4, 0.5) is 0 Å². The van der Waals surface area contributed by atoms with Gasteiger partial charge in [0.2, 0.25) is 5.75 Å². The van der Waals surface area contributed by atoms with E-state index in [1.165, 1.54) is 5.39 Å². The molecule has 7 nitrogen and oxygen atoms in total. The van der Waals surface area contributed by atoms with Crippen molar-refractivity contribution in [3.05, 3.63) is 59.9 Å². The average molecular weight is 394 g/mol. The van der Waals surface area contributed by atoms with Gasteiger partial charge in [-0.15, -0.1) is 0 Å². The molecule has 0 atom stereocenters. The molecule has 0 fully saturated rings. The topological polar surface area (TPSA) is 77.0 Å². The van der Waals surface area contributed by atoms with Gasteiger partial charge in [-0.05, 0) is 29.1 Å². The molecule has 2 N–H and O–H groups in total. The smallest absolute Gasteiger partial charge is 0.203 e. The number of benzene rings is 2. The third-order valence-electron chi connectivity index (χ3n) is 4.59. The van der Waals surface area contributed by atoms with Gasteiger partial charge < -0.3 is 24.8 Å². The van der Waals surface area contributed by atoms with E-state index in [1.807, 2.05) is 36.5 Å². The summed E-state index contributed by atoms with van der Waals surface area (Å²) in [6, 6.07) is 14.0. The second kappa shape index (κ2) is 9.64. The molecule has 7 heteroatoms. The van der Waals surface area contributed by atoms with E-state index in [0.29, 0.717) is 36.3 Å². The summed E-state index contributed by atoms with van der Waals surface area (Å²) in [5.41, 5.74) is 1.95. The molecule has 1 heterocycles. The summed E-state index contributed by atoms with van der Waals surface area (Å²) in [5.74, 6) is 2.48. The van der Waals surface area contributed by atoms with Crippen LogP contribution in [-0.4, -0.2) is 39.3 Å². The summed E-state index contributed by atoms with van der Waals surface area (Å²) < 4.78 is 16.2. The summed E-state index contributed by atoms with van der Waals surface area (Å²) in [5, 5.41) is 8.91. The van der Waals surface area contributed by atoms with Crippen molar-refractivity contribution in [1.82, 2.24) is 15.6 Å². The van der Waals surface area contributed by atoms with Crippen molar-refractivity contribution in [2.24, 2.45) is 4.99 Å². The predicted molar refractivity (Wildman–Crippen MR) is 115 cm³/mol. The molecule has 0 aliphatic heterocycles. The van der Waals surface area contributed by atoms with Gasteiger partial charge in [0.05, 0.1) is 33.6 Å². The van der Waals surface area contributed by atoms with Crippen molar-refractivity contribution in [1.29, 1.82) is 0 Å². The van der Waals surface area contributed by atoms with Gasteiger partial charge >= 0.3 is 0 Å². The van der Waals surface area contributed by atoms with E-state index >= 15 is 0 Å². The number of methoxy groups -OCH3 is 3. The molecule has 0 amide bonds. The van der Waals surface area contributed by atoms with Crippen LogP contribution in [0.15, 0.2) is 53.7 Å². The fourth-order valence-electron chi connectivity index (χ4n) is 3.13. The van der Waals surface area contributed by atoms with E-state index in [0.717, 1.165) is 16.6 Å². The zero-order valence-corrected chi connectivity index (χ0v) is 17.2. The monoisotopic (exact) mass is 394 g/mol. The highest BCUT2D eigenvalue weighted by Crippen LogP contribution is 2.38. The number of guanidine groups is 1. The van der Waals surface area contributed by atoms with E-state index in [-0.39, 0.29) is 0 Å². The molecule has 0 unspecified atom stereocenters. The Morgan fingerprint density at radius 1 is 0.931 bits per heavy atom. The Hall–Kier alpha value is -3.48. The minimum atomic E-state index is 0.541. The second-order valence-electron chi connectivity index (χ2n) is 6.29. The van der Waals surface area contributed by atoms with Gasteiger partial charge in [-0.2, -0.15) is 0 Å². The van der Waals surface area contributed by atoms with Crippen LogP contribution in [0.1, 0.15) is 11.3 Å². The molecule has 0 saturated heterocycles. The average Bonchev–Trinajstić information content (AvgIpc) is 2.78. The quantitative estimate of drug-likeness (QED) is 0.474. The lowest BCUT2D eigenvalue weighted by Crippen LogP contribution is -2.36. The van der Waals surface area contributed by atoms with E-state index in [2.05, 4.69) is 32.7 Å². The van der Waals surface area contributed by atoms with E-state index in [4.69, 9.17) is 14.2 Å². The lowest BCUT2D eigenvalue weighted by atomic mass is 10.1. The Morgan fingerprint density at radius 2 is 1.62 bits per heavy atom.